The average molecular weight is 422 g/mol. The highest BCUT2D eigenvalue weighted by atomic mass is 19.2. The van der Waals surface area contributed by atoms with E-state index in [-0.39, 0.29) is 17.2 Å². The lowest BCUT2D eigenvalue weighted by Crippen LogP contribution is -2.35. The van der Waals surface area contributed by atoms with Gasteiger partial charge in [0, 0.05) is 36.0 Å². The normalized spacial score (nSPS) is 20.0. The summed E-state index contributed by atoms with van der Waals surface area (Å²) in [7, 11) is 0. The van der Waals surface area contributed by atoms with Crippen molar-refractivity contribution in [2.75, 3.05) is 18.4 Å². The van der Waals surface area contributed by atoms with Crippen LogP contribution in [0.25, 0.3) is 5.69 Å². The van der Waals surface area contributed by atoms with E-state index in [0.29, 0.717) is 5.69 Å². The van der Waals surface area contributed by atoms with Crippen LogP contribution < -0.4 is 5.32 Å². The second kappa shape index (κ2) is 7.89. The second-order valence-electron chi connectivity index (χ2n) is 8.64. The number of rotatable bonds is 5. The van der Waals surface area contributed by atoms with Crippen LogP contribution in [0.4, 0.5) is 14.5 Å². The van der Waals surface area contributed by atoms with Gasteiger partial charge in [0.2, 0.25) is 5.91 Å². The maximum absolute atomic E-state index is 13.4. The van der Waals surface area contributed by atoms with Gasteiger partial charge in [-0.05, 0) is 62.0 Å². The van der Waals surface area contributed by atoms with Gasteiger partial charge in [-0.25, -0.2) is 13.5 Å². The van der Waals surface area contributed by atoms with Crippen LogP contribution in [-0.4, -0.2) is 33.7 Å². The molecule has 31 heavy (non-hydrogen) atoms. The molecule has 2 aromatic carbocycles. The quantitative estimate of drug-likeness (QED) is 0.664. The largest absolute Gasteiger partial charge is 0.326 e. The molecule has 160 valence electrons. The number of hydrogen-bond donors (Lipinski definition) is 1. The van der Waals surface area contributed by atoms with Crippen LogP contribution in [0.1, 0.15) is 24.8 Å². The Morgan fingerprint density at radius 2 is 1.87 bits per heavy atom. The van der Waals surface area contributed by atoms with Crippen LogP contribution in [0.3, 0.4) is 0 Å². The number of halogens is 2. The number of para-hydroxylation sites is 1. The molecule has 1 atom stereocenters. The zero-order valence-electron chi connectivity index (χ0n) is 17.1. The maximum Gasteiger partial charge on any atom is 0.228 e. The first-order valence-electron chi connectivity index (χ1n) is 10.6. The molecule has 2 aliphatic rings. The van der Waals surface area contributed by atoms with Crippen molar-refractivity contribution >= 4 is 11.6 Å². The summed E-state index contributed by atoms with van der Waals surface area (Å²) in [5.41, 5.74) is 2.56. The zero-order valence-corrected chi connectivity index (χ0v) is 17.1. The number of anilines is 1. The van der Waals surface area contributed by atoms with Crippen LogP contribution in [0, 0.1) is 23.0 Å². The van der Waals surface area contributed by atoms with Crippen LogP contribution in [0.5, 0.6) is 0 Å². The number of carbonyl (C=O) groups excluding carboxylic acids is 1. The molecule has 1 saturated heterocycles. The third kappa shape index (κ3) is 4.10. The predicted octanol–water partition coefficient (Wildman–Crippen LogP) is 4.39. The molecule has 1 spiro atoms. The SMILES string of the molecule is O=C(Nc1ccc(F)c(F)c1)C1CC12CCN(Cc1cnn(-c3ccccc3)c1)CC2. The summed E-state index contributed by atoms with van der Waals surface area (Å²) in [6, 6.07) is 13.5. The molecule has 1 N–H and O–H groups in total. The highest BCUT2D eigenvalue weighted by Crippen LogP contribution is 2.59. The molecular weight excluding hydrogens is 398 g/mol. The number of carbonyl (C=O) groups is 1. The molecule has 0 bridgehead atoms. The molecule has 1 unspecified atom stereocenters. The fourth-order valence-electron chi connectivity index (χ4n) is 4.65. The smallest absolute Gasteiger partial charge is 0.228 e. The summed E-state index contributed by atoms with van der Waals surface area (Å²) in [5.74, 6) is -2.01. The topological polar surface area (TPSA) is 50.2 Å². The molecule has 5 nitrogen and oxygen atoms in total. The number of amides is 1. The first kappa shape index (κ1) is 19.9. The average Bonchev–Trinajstić information content (AvgIpc) is 3.28. The number of hydrogen-bond acceptors (Lipinski definition) is 3. The lowest BCUT2D eigenvalue weighted by molar-refractivity contribution is -0.118. The molecule has 3 aromatic rings. The van der Waals surface area contributed by atoms with Crippen molar-refractivity contribution in [2.24, 2.45) is 11.3 Å². The van der Waals surface area contributed by atoms with Crippen LogP contribution >= 0.6 is 0 Å². The zero-order chi connectivity index (χ0) is 21.4. The molecule has 1 aliphatic heterocycles. The molecule has 1 saturated carbocycles. The minimum atomic E-state index is -0.952. The van der Waals surface area contributed by atoms with E-state index in [4.69, 9.17) is 0 Å². The van der Waals surface area contributed by atoms with Crippen LogP contribution in [-0.2, 0) is 11.3 Å². The lowest BCUT2D eigenvalue weighted by Gasteiger charge is -2.32. The molecular formula is C24H24F2N4O. The summed E-state index contributed by atoms with van der Waals surface area (Å²) in [4.78, 5) is 15.0. The Bertz CT molecular complexity index is 1090. The summed E-state index contributed by atoms with van der Waals surface area (Å²) < 4.78 is 28.3. The van der Waals surface area contributed by atoms with Crippen LogP contribution in [0.2, 0.25) is 0 Å². The maximum atomic E-state index is 13.4. The Labute approximate surface area is 179 Å². The minimum absolute atomic E-state index is 0.0490. The van der Waals surface area contributed by atoms with E-state index in [1.807, 2.05) is 41.2 Å². The Kier molecular flexibility index (Phi) is 5.06. The van der Waals surface area contributed by atoms with Gasteiger partial charge in [-0.1, -0.05) is 18.2 Å². The van der Waals surface area contributed by atoms with E-state index in [1.54, 1.807) is 0 Å². The third-order valence-corrected chi connectivity index (χ3v) is 6.61. The lowest BCUT2D eigenvalue weighted by atomic mass is 9.90. The number of benzene rings is 2. The van der Waals surface area contributed by atoms with Gasteiger partial charge in [-0.15, -0.1) is 0 Å². The Balaban J connectivity index is 1.14. The van der Waals surface area contributed by atoms with Gasteiger partial charge < -0.3 is 5.32 Å². The summed E-state index contributed by atoms with van der Waals surface area (Å²) in [6.07, 6.45) is 6.77. The molecule has 2 heterocycles. The number of aromatic nitrogens is 2. The highest BCUT2D eigenvalue weighted by molar-refractivity contribution is 5.95. The number of nitrogens with zero attached hydrogens (tertiary/aromatic N) is 3. The van der Waals surface area contributed by atoms with Crippen molar-refractivity contribution in [1.29, 1.82) is 0 Å². The third-order valence-electron chi connectivity index (χ3n) is 6.61. The van der Waals surface area contributed by atoms with E-state index in [9.17, 15) is 13.6 Å². The fourth-order valence-corrected chi connectivity index (χ4v) is 4.65. The Morgan fingerprint density at radius 3 is 2.61 bits per heavy atom. The number of nitrogens with one attached hydrogen (secondary N) is 1. The predicted molar refractivity (Wildman–Crippen MR) is 114 cm³/mol. The van der Waals surface area contributed by atoms with E-state index >= 15 is 0 Å². The summed E-state index contributed by atoms with van der Waals surface area (Å²) in [5, 5.41) is 7.21. The molecule has 1 aliphatic carbocycles. The first-order chi connectivity index (χ1) is 15.0. The van der Waals surface area contributed by atoms with Gasteiger partial charge in [-0.3, -0.25) is 9.69 Å². The molecule has 7 heteroatoms. The summed E-state index contributed by atoms with van der Waals surface area (Å²) >= 11 is 0. The van der Waals surface area contributed by atoms with Gasteiger partial charge in [0.25, 0.3) is 0 Å². The van der Waals surface area contributed by atoms with Gasteiger partial charge in [0.15, 0.2) is 11.6 Å². The first-order valence-corrected chi connectivity index (χ1v) is 10.6. The summed E-state index contributed by atoms with van der Waals surface area (Å²) in [6.45, 7) is 2.71. The van der Waals surface area contributed by atoms with Crippen molar-refractivity contribution in [3.05, 3.63) is 78.1 Å². The van der Waals surface area contributed by atoms with Crippen molar-refractivity contribution in [2.45, 2.75) is 25.8 Å². The van der Waals surface area contributed by atoms with E-state index < -0.39 is 11.6 Å². The van der Waals surface area contributed by atoms with Crippen molar-refractivity contribution in [3.8, 4) is 5.69 Å². The van der Waals surface area contributed by atoms with Gasteiger partial charge in [-0.2, -0.15) is 5.10 Å². The Hall–Kier alpha value is -3.06. The molecule has 0 radical (unpaired) electrons. The fraction of sp³-hybridized carbons (Fsp3) is 0.333. The van der Waals surface area contributed by atoms with E-state index in [1.165, 1.54) is 11.6 Å². The monoisotopic (exact) mass is 422 g/mol. The van der Waals surface area contributed by atoms with E-state index in [0.717, 1.165) is 56.7 Å². The molecule has 1 aromatic heterocycles. The highest BCUT2D eigenvalue weighted by Gasteiger charge is 2.58. The van der Waals surface area contributed by atoms with Crippen LogP contribution in [0.15, 0.2) is 60.9 Å². The van der Waals surface area contributed by atoms with Gasteiger partial charge in [0.05, 0.1) is 11.9 Å². The standard InChI is InChI=1S/C24H24F2N4O/c25-21-7-6-18(12-22(21)26)28-23(31)20-13-24(20)8-10-29(11-9-24)15-17-14-27-30(16-17)19-4-2-1-3-5-19/h1-7,12,14,16,20H,8-11,13,15H2,(H,28,31). The van der Waals surface area contributed by atoms with Crippen molar-refractivity contribution in [1.82, 2.24) is 14.7 Å². The molecule has 2 fully saturated rings. The van der Waals surface area contributed by atoms with Crippen molar-refractivity contribution in [3.63, 3.8) is 0 Å². The number of likely N-dealkylation sites (tertiary alicyclic amines) is 1. The molecule has 1 amide bonds. The van der Waals surface area contributed by atoms with Crippen molar-refractivity contribution < 1.29 is 13.6 Å². The van der Waals surface area contributed by atoms with E-state index in [2.05, 4.69) is 21.5 Å². The Morgan fingerprint density at radius 1 is 1.10 bits per heavy atom. The minimum Gasteiger partial charge on any atom is -0.326 e. The molecule has 5 rings (SSSR count). The number of piperidine rings is 1. The van der Waals surface area contributed by atoms with Gasteiger partial charge >= 0.3 is 0 Å². The second-order valence-corrected chi connectivity index (χ2v) is 8.64. The van der Waals surface area contributed by atoms with Gasteiger partial charge in [0.1, 0.15) is 0 Å².